The van der Waals surface area contributed by atoms with Gasteiger partial charge in [0.2, 0.25) is 0 Å². The van der Waals surface area contributed by atoms with Crippen molar-refractivity contribution in [1.82, 2.24) is 15.1 Å². The van der Waals surface area contributed by atoms with Crippen LogP contribution in [0.25, 0.3) is 0 Å². The summed E-state index contributed by atoms with van der Waals surface area (Å²) in [5.74, 6) is 0.742. The molecule has 3 nitrogen and oxygen atoms in total. The highest BCUT2D eigenvalue weighted by molar-refractivity contribution is 4.91. The average Bonchev–Trinajstić information content (AvgIpc) is 2.29. The van der Waals surface area contributed by atoms with Crippen LogP contribution in [0.2, 0.25) is 0 Å². The van der Waals surface area contributed by atoms with Gasteiger partial charge in [-0.25, -0.2) is 0 Å². The van der Waals surface area contributed by atoms with Crippen molar-refractivity contribution in [1.29, 1.82) is 0 Å². The van der Waals surface area contributed by atoms with Crippen LogP contribution in [0.3, 0.4) is 0 Å². The molecule has 1 N–H and O–H groups in total. The Morgan fingerprint density at radius 2 is 2.00 bits per heavy atom. The van der Waals surface area contributed by atoms with E-state index < -0.39 is 0 Å². The van der Waals surface area contributed by atoms with Gasteiger partial charge in [-0.15, -0.1) is 0 Å². The van der Waals surface area contributed by atoms with Gasteiger partial charge < -0.3 is 10.2 Å². The molecule has 0 radical (unpaired) electrons. The maximum Gasteiger partial charge on any atom is 0.0227 e. The quantitative estimate of drug-likeness (QED) is 0.786. The molecule has 0 aromatic heterocycles. The first kappa shape index (κ1) is 13.3. The molecule has 2 aliphatic heterocycles. The fraction of sp³-hybridized carbons (Fsp3) is 1.00. The second-order valence-corrected chi connectivity index (χ2v) is 6.36. The Kier molecular flexibility index (Phi) is 4.45. The zero-order valence-electron chi connectivity index (χ0n) is 11.9. The van der Waals surface area contributed by atoms with E-state index in [0.717, 1.165) is 18.5 Å². The molecule has 3 unspecified atom stereocenters. The smallest absolute Gasteiger partial charge is 0.0227 e. The van der Waals surface area contributed by atoms with Crippen LogP contribution in [0.5, 0.6) is 0 Å². The van der Waals surface area contributed by atoms with Crippen molar-refractivity contribution < 1.29 is 0 Å². The highest BCUT2D eigenvalue weighted by Gasteiger charge is 2.32. The van der Waals surface area contributed by atoms with Crippen LogP contribution in [0.4, 0.5) is 0 Å². The van der Waals surface area contributed by atoms with Crippen molar-refractivity contribution in [3.63, 3.8) is 0 Å². The average molecular weight is 239 g/mol. The summed E-state index contributed by atoms with van der Waals surface area (Å²) >= 11 is 0. The third-order valence-electron chi connectivity index (χ3n) is 4.52. The second-order valence-electron chi connectivity index (χ2n) is 6.36. The molecular weight excluding hydrogens is 210 g/mol. The number of likely N-dealkylation sites (tertiary alicyclic amines) is 1. The predicted molar refractivity (Wildman–Crippen MR) is 73.3 cm³/mol. The van der Waals surface area contributed by atoms with Crippen LogP contribution in [-0.4, -0.2) is 61.2 Å². The van der Waals surface area contributed by atoms with Gasteiger partial charge in [0.25, 0.3) is 0 Å². The highest BCUT2D eigenvalue weighted by Crippen LogP contribution is 2.21. The van der Waals surface area contributed by atoms with Gasteiger partial charge in [0.1, 0.15) is 0 Å². The Bertz CT molecular complexity index is 242. The molecule has 0 bridgehead atoms. The fourth-order valence-electron chi connectivity index (χ4n) is 3.28. The van der Waals surface area contributed by atoms with E-state index in [2.05, 4.69) is 42.9 Å². The summed E-state index contributed by atoms with van der Waals surface area (Å²) in [4.78, 5) is 5.25. The first-order valence-electron chi connectivity index (χ1n) is 7.25. The second kappa shape index (κ2) is 5.68. The molecule has 2 saturated heterocycles. The van der Waals surface area contributed by atoms with E-state index in [9.17, 15) is 0 Å². The van der Waals surface area contributed by atoms with Crippen molar-refractivity contribution in [2.45, 2.75) is 51.7 Å². The van der Waals surface area contributed by atoms with E-state index in [1.807, 2.05) is 0 Å². The lowest BCUT2D eigenvalue weighted by Crippen LogP contribution is -2.62. The predicted octanol–water partition coefficient (Wildman–Crippen LogP) is 1.40. The van der Waals surface area contributed by atoms with Crippen LogP contribution < -0.4 is 5.32 Å². The van der Waals surface area contributed by atoms with Gasteiger partial charge >= 0.3 is 0 Å². The minimum absolute atomic E-state index is 0.679. The Labute approximate surface area is 107 Å². The molecular formula is C14H29N3. The SMILES string of the molecule is CC(C)C1CN(C2CCCN(C)C2)C(C)CN1. The lowest BCUT2D eigenvalue weighted by Gasteiger charge is -2.47. The standard InChI is InChI=1S/C14H29N3/c1-11(2)14-10-17(12(3)8-15-14)13-6-5-7-16(4)9-13/h11-15H,5-10H2,1-4H3. The third kappa shape index (κ3) is 3.21. The maximum absolute atomic E-state index is 3.69. The van der Waals surface area contributed by atoms with E-state index in [1.165, 1.54) is 32.5 Å². The van der Waals surface area contributed by atoms with Crippen molar-refractivity contribution in [2.24, 2.45) is 5.92 Å². The van der Waals surface area contributed by atoms with Crippen LogP contribution in [-0.2, 0) is 0 Å². The van der Waals surface area contributed by atoms with Crippen molar-refractivity contribution in [3.05, 3.63) is 0 Å². The molecule has 2 heterocycles. The Morgan fingerprint density at radius 1 is 1.24 bits per heavy atom. The van der Waals surface area contributed by atoms with Crippen molar-refractivity contribution in [3.8, 4) is 0 Å². The lowest BCUT2D eigenvalue weighted by molar-refractivity contribution is 0.0409. The number of likely N-dealkylation sites (N-methyl/N-ethyl adjacent to an activating group) is 1. The fourth-order valence-corrected chi connectivity index (χ4v) is 3.28. The van der Waals surface area contributed by atoms with Gasteiger partial charge in [0.05, 0.1) is 0 Å². The van der Waals surface area contributed by atoms with Gasteiger partial charge in [-0.2, -0.15) is 0 Å². The largest absolute Gasteiger partial charge is 0.311 e. The van der Waals surface area contributed by atoms with Gasteiger partial charge in [0, 0.05) is 37.8 Å². The monoisotopic (exact) mass is 239 g/mol. The number of nitrogens with one attached hydrogen (secondary N) is 1. The van der Waals surface area contributed by atoms with E-state index in [1.54, 1.807) is 0 Å². The molecule has 3 atom stereocenters. The van der Waals surface area contributed by atoms with Crippen LogP contribution in [0, 0.1) is 5.92 Å². The molecule has 0 amide bonds. The highest BCUT2D eigenvalue weighted by atomic mass is 15.3. The van der Waals surface area contributed by atoms with E-state index in [-0.39, 0.29) is 0 Å². The molecule has 2 aliphatic rings. The molecule has 0 aromatic rings. The number of hydrogen-bond acceptors (Lipinski definition) is 3. The Morgan fingerprint density at radius 3 is 2.65 bits per heavy atom. The molecule has 2 rings (SSSR count). The number of hydrogen-bond donors (Lipinski definition) is 1. The molecule has 0 saturated carbocycles. The molecule has 3 heteroatoms. The summed E-state index contributed by atoms with van der Waals surface area (Å²) in [5, 5.41) is 3.69. The summed E-state index contributed by atoms with van der Waals surface area (Å²) in [6, 6.07) is 2.16. The number of nitrogens with zero attached hydrogens (tertiary/aromatic N) is 2. The number of piperidine rings is 1. The Hall–Kier alpha value is -0.120. The van der Waals surface area contributed by atoms with Crippen LogP contribution in [0.1, 0.15) is 33.6 Å². The zero-order valence-corrected chi connectivity index (χ0v) is 11.9. The van der Waals surface area contributed by atoms with Gasteiger partial charge in [-0.1, -0.05) is 13.8 Å². The first-order chi connectivity index (χ1) is 8.08. The van der Waals surface area contributed by atoms with Gasteiger partial charge in [0.15, 0.2) is 0 Å². The van der Waals surface area contributed by atoms with E-state index in [0.29, 0.717) is 12.1 Å². The summed E-state index contributed by atoms with van der Waals surface area (Å²) in [5.41, 5.74) is 0. The number of piperazine rings is 1. The van der Waals surface area contributed by atoms with Crippen LogP contribution in [0.15, 0.2) is 0 Å². The van der Waals surface area contributed by atoms with E-state index >= 15 is 0 Å². The molecule has 100 valence electrons. The summed E-state index contributed by atoms with van der Waals surface area (Å²) in [6.45, 7) is 12.0. The topological polar surface area (TPSA) is 18.5 Å². The molecule has 0 spiro atoms. The van der Waals surface area contributed by atoms with Gasteiger partial charge in [-0.05, 0) is 39.3 Å². The summed E-state index contributed by atoms with van der Waals surface area (Å²) < 4.78 is 0. The van der Waals surface area contributed by atoms with Crippen molar-refractivity contribution >= 4 is 0 Å². The van der Waals surface area contributed by atoms with Gasteiger partial charge in [-0.3, -0.25) is 4.90 Å². The first-order valence-corrected chi connectivity index (χ1v) is 7.25. The third-order valence-corrected chi connectivity index (χ3v) is 4.52. The summed E-state index contributed by atoms with van der Waals surface area (Å²) in [6.07, 6.45) is 2.75. The lowest BCUT2D eigenvalue weighted by atomic mass is 9.95. The normalized spacial score (nSPS) is 37.6. The number of rotatable bonds is 2. The minimum atomic E-state index is 0.679. The molecule has 17 heavy (non-hydrogen) atoms. The van der Waals surface area contributed by atoms with E-state index in [4.69, 9.17) is 0 Å². The zero-order chi connectivity index (χ0) is 12.4. The van der Waals surface area contributed by atoms with Crippen LogP contribution >= 0.6 is 0 Å². The maximum atomic E-state index is 3.69. The summed E-state index contributed by atoms with van der Waals surface area (Å²) in [7, 11) is 2.26. The molecule has 0 aromatic carbocycles. The molecule has 2 fully saturated rings. The molecule has 0 aliphatic carbocycles. The minimum Gasteiger partial charge on any atom is -0.311 e. The van der Waals surface area contributed by atoms with Crippen molar-refractivity contribution in [2.75, 3.05) is 33.2 Å². The Balaban J connectivity index is 1.96.